The van der Waals surface area contributed by atoms with Gasteiger partial charge in [0.25, 0.3) is 0 Å². The fraction of sp³-hybridized carbons (Fsp3) is 0.261. The Hall–Kier alpha value is -3.41. The van der Waals surface area contributed by atoms with Crippen LogP contribution in [0.4, 0.5) is 21.5 Å². The Labute approximate surface area is 190 Å². The summed E-state index contributed by atoms with van der Waals surface area (Å²) in [5.41, 5.74) is 2.29. The Morgan fingerprint density at radius 2 is 2.09 bits per heavy atom. The van der Waals surface area contributed by atoms with Crippen LogP contribution in [0.2, 0.25) is 5.02 Å². The zero-order chi connectivity index (χ0) is 23.3. The molecule has 0 aliphatic carbocycles. The maximum Gasteiger partial charge on any atom is 0.225 e. The molecule has 1 amide bonds. The van der Waals surface area contributed by atoms with Gasteiger partial charge >= 0.3 is 0 Å². The maximum absolute atomic E-state index is 13.6. The van der Waals surface area contributed by atoms with Crippen molar-refractivity contribution in [2.75, 3.05) is 37.9 Å². The van der Waals surface area contributed by atoms with Gasteiger partial charge in [0.2, 0.25) is 5.91 Å². The summed E-state index contributed by atoms with van der Waals surface area (Å²) in [6, 6.07) is 9.73. The Bertz CT molecular complexity index is 1190. The van der Waals surface area contributed by atoms with Gasteiger partial charge in [-0.25, -0.2) is 4.39 Å². The van der Waals surface area contributed by atoms with Gasteiger partial charge in [0.1, 0.15) is 17.6 Å². The molecule has 0 bridgehead atoms. The lowest BCUT2D eigenvalue weighted by Crippen LogP contribution is -2.21. The third-order valence-corrected chi connectivity index (χ3v) is 4.93. The normalized spacial score (nSPS) is 10.8. The van der Waals surface area contributed by atoms with E-state index in [2.05, 4.69) is 21.7 Å². The highest BCUT2D eigenvalue weighted by molar-refractivity contribution is 6.31. The van der Waals surface area contributed by atoms with Crippen molar-refractivity contribution in [1.82, 2.24) is 9.88 Å². The van der Waals surface area contributed by atoms with Gasteiger partial charge in [-0.3, -0.25) is 9.78 Å². The van der Waals surface area contributed by atoms with Crippen LogP contribution in [0.15, 0.2) is 36.5 Å². The molecule has 9 heteroatoms. The van der Waals surface area contributed by atoms with Crippen molar-refractivity contribution in [2.45, 2.75) is 13.3 Å². The minimum atomic E-state index is -0.540. The van der Waals surface area contributed by atoms with E-state index in [0.29, 0.717) is 53.3 Å². The topological polar surface area (TPSA) is 90.3 Å². The third kappa shape index (κ3) is 5.44. The van der Waals surface area contributed by atoms with Crippen LogP contribution in [0.3, 0.4) is 0 Å². The number of aromatic nitrogens is 1. The predicted octanol–water partition coefficient (Wildman–Crippen LogP) is 4.93. The molecule has 3 rings (SSSR count). The molecule has 0 spiro atoms. The van der Waals surface area contributed by atoms with Crippen LogP contribution in [0.25, 0.3) is 10.9 Å². The molecule has 3 aromatic rings. The SMILES string of the molecule is CCOc1cc2ncc(C#N)c(Nc3ccc(F)c(Cl)c3)c2cc1NC(=O)CCN(C)C. The zero-order valence-corrected chi connectivity index (χ0v) is 18.8. The quantitative estimate of drug-likeness (QED) is 0.500. The first-order valence-corrected chi connectivity index (χ1v) is 10.4. The van der Waals surface area contributed by atoms with E-state index in [1.54, 1.807) is 12.1 Å². The van der Waals surface area contributed by atoms with Crippen LogP contribution < -0.4 is 15.4 Å². The van der Waals surface area contributed by atoms with Crippen LogP contribution in [0.5, 0.6) is 5.75 Å². The van der Waals surface area contributed by atoms with Gasteiger partial charge in [-0.15, -0.1) is 0 Å². The molecule has 0 saturated carbocycles. The largest absolute Gasteiger partial charge is 0.492 e. The molecular weight excluding hydrogens is 433 g/mol. The van der Waals surface area contributed by atoms with Crippen LogP contribution in [-0.4, -0.2) is 43.0 Å². The number of fused-ring (bicyclic) bond motifs is 1. The average Bonchev–Trinajstić information content (AvgIpc) is 2.76. The molecular formula is C23H23ClFN5O2. The second-order valence-corrected chi connectivity index (χ2v) is 7.72. The van der Waals surface area contributed by atoms with Gasteiger partial charge in [0.15, 0.2) is 0 Å². The maximum atomic E-state index is 13.6. The number of pyridine rings is 1. The number of nitrogens with zero attached hydrogens (tertiary/aromatic N) is 3. The summed E-state index contributed by atoms with van der Waals surface area (Å²) in [5, 5.41) is 16.2. The Balaban J connectivity index is 2.08. The summed E-state index contributed by atoms with van der Waals surface area (Å²) in [6.07, 6.45) is 1.76. The van der Waals surface area contributed by atoms with E-state index in [1.807, 2.05) is 25.9 Å². The molecule has 0 atom stereocenters. The van der Waals surface area contributed by atoms with E-state index in [4.69, 9.17) is 16.3 Å². The van der Waals surface area contributed by atoms with E-state index in [9.17, 15) is 14.4 Å². The number of carbonyl (C=O) groups excluding carboxylic acids is 1. The van der Waals surface area contributed by atoms with Gasteiger partial charge in [-0.1, -0.05) is 11.6 Å². The molecule has 0 aliphatic heterocycles. The van der Waals surface area contributed by atoms with E-state index in [-0.39, 0.29) is 16.5 Å². The lowest BCUT2D eigenvalue weighted by atomic mass is 10.1. The molecule has 0 aliphatic rings. The van der Waals surface area contributed by atoms with Crippen molar-refractivity contribution in [1.29, 1.82) is 5.26 Å². The average molecular weight is 456 g/mol. The molecule has 0 fully saturated rings. The highest BCUT2D eigenvalue weighted by Gasteiger charge is 2.16. The predicted molar refractivity (Wildman–Crippen MR) is 124 cm³/mol. The number of hydrogen-bond acceptors (Lipinski definition) is 6. The van der Waals surface area contributed by atoms with Crippen LogP contribution in [-0.2, 0) is 4.79 Å². The number of carbonyl (C=O) groups is 1. The number of halogens is 2. The van der Waals surface area contributed by atoms with Gasteiger partial charge in [-0.2, -0.15) is 5.26 Å². The van der Waals surface area contributed by atoms with Gasteiger partial charge in [0.05, 0.1) is 34.1 Å². The first-order chi connectivity index (χ1) is 15.3. The summed E-state index contributed by atoms with van der Waals surface area (Å²) in [7, 11) is 3.79. The van der Waals surface area contributed by atoms with Gasteiger partial charge in [0, 0.05) is 36.3 Å². The Kier molecular flexibility index (Phi) is 7.46. The number of hydrogen-bond donors (Lipinski definition) is 2. The highest BCUT2D eigenvalue weighted by Crippen LogP contribution is 2.36. The van der Waals surface area contributed by atoms with E-state index < -0.39 is 5.82 Å². The van der Waals surface area contributed by atoms with Gasteiger partial charge in [-0.05, 0) is 45.3 Å². The van der Waals surface area contributed by atoms with Crippen molar-refractivity contribution in [3.05, 3.63) is 52.9 Å². The van der Waals surface area contributed by atoms with E-state index in [0.717, 1.165) is 0 Å². The van der Waals surface area contributed by atoms with E-state index >= 15 is 0 Å². The number of nitriles is 1. The number of nitrogens with one attached hydrogen (secondary N) is 2. The molecule has 7 nitrogen and oxygen atoms in total. The first kappa shape index (κ1) is 23.3. The van der Waals surface area contributed by atoms with E-state index in [1.165, 1.54) is 24.4 Å². The van der Waals surface area contributed by atoms with Gasteiger partial charge < -0.3 is 20.3 Å². The van der Waals surface area contributed by atoms with Crippen LogP contribution in [0.1, 0.15) is 18.9 Å². The molecule has 2 N–H and O–H groups in total. The van der Waals surface area contributed by atoms with Crippen LogP contribution >= 0.6 is 11.6 Å². The monoisotopic (exact) mass is 455 g/mol. The summed E-state index contributed by atoms with van der Waals surface area (Å²) in [5.74, 6) is -0.226. The molecule has 1 aromatic heterocycles. The number of amides is 1. The lowest BCUT2D eigenvalue weighted by Gasteiger charge is -2.17. The van der Waals surface area contributed by atoms with Crippen molar-refractivity contribution >= 4 is 45.5 Å². The number of ether oxygens (including phenoxy) is 1. The number of rotatable bonds is 8. The van der Waals surface area contributed by atoms with Crippen LogP contribution in [0, 0.1) is 17.1 Å². The molecule has 166 valence electrons. The summed E-state index contributed by atoms with van der Waals surface area (Å²) in [4.78, 5) is 18.7. The number of benzene rings is 2. The second kappa shape index (κ2) is 10.3. The number of anilines is 3. The molecule has 1 heterocycles. The fourth-order valence-corrected chi connectivity index (χ4v) is 3.25. The van der Waals surface area contributed by atoms with Crippen molar-refractivity contribution in [3.8, 4) is 11.8 Å². The summed E-state index contributed by atoms with van der Waals surface area (Å²) >= 11 is 5.90. The fourth-order valence-electron chi connectivity index (χ4n) is 3.07. The molecule has 0 unspecified atom stereocenters. The van der Waals surface area contributed by atoms with Crippen molar-refractivity contribution < 1.29 is 13.9 Å². The minimum absolute atomic E-state index is 0.0423. The lowest BCUT2D eigenvalue weighted by molar-refractivity contribution is -0.116. The standard InChI is InChI=1S/C23H23ClFN5O2/c1-4-32-21-11-19-16(10-20(21)29-22(31)7-8-30(2)3)23(14(12-26)13-27-19)28-15-5-6-18(25)17(24)9-15/h5-6,9-11,13H,4,7-8H2,1-3H3,(H,27,28)(H,29,31). The Morgan fingerprint density at radius 3 is 2.75 bits per heavy atom. The molecule has 2 aromatic carbocycles. The minimum Gasteiger partial charge on any atom is -0.492 e. The van der Waals surface area contributed by atoms with Crippen molar-refractivity contribution in [2.24, 2.45) is 0 Å². The zero-order valence-electron chi connectivity index (χ0n) is 18.0. The second-order valence-electron chi connectivity index (χ2n) is 7.31. The van der Waals surface area contributed by atoms with Crippen molar-refractivity contribution in [3.63, 3.8) is 0 Å². The third-order valence-electron chi connectivity index (χ3n) is 4.64. The molecule has 0 radical (unpaired) electrons. The highest BCUT2D eigenvalue weighted by atomic mass is 35.5. The summed E-state index contributed by atoms with van der Waals surface area (Å²) < 4.78 is 19.3. The first-order valence-electron chi connectivity index (χ1n) is 9.98. The smallest absolute Gasteiger partial charge is 0.225 e. The summed E-state index contributed by atoms with van der Waals surface area (Å²) in [6.45, 7) is 2.85. The Morgan fingerprint density at radius 1 is 1.31 bits per heavy atom. The molecule has 0 saturated heterocycles. The molecule has 32 heavy (non-hydrogen) atoms.